The smallest absolute Gasteiger partial charge is 0.268 e. The number of nitrogens with one attached hydrogen (secondary N) is 2. The molecule has 2 aliphatic heterocycles. The van der Waals surface area contributed by atoms with Crippen molar-refractivity contribution in [2.24, 2.45) is 5.92 Å². The lowest BCUT2D eigenvalue weighted by Gasteiger charge is -2.37. The predicted molar refractivity (Wildman–Crippen MR) is 126 cm³/mol. The summed E-state index contributed by atoms with van der Waals surface area (Å²) in [7, 11) is 0. The van der Waals surface area contributed by atoms with Gasteiger partial charge >= 0.3 is 0 Å². The third-order valence-corrected chi connectivity index (χ3v) is 6.20. The average Bonchev–Trinajstić information content (AvgIpc) is 3.23. The molecule has 2 aliphatic rings. The van der Waals surface area contributed by atoms with E-state index in [0.29, 0.717) is 18.2 Å². The van der Waals surface area contributed by atoms with Crippen molar-refractivity contribution in [1.29, 1.82) is 0 Å². The van der Waals surface area contributed by atoms with E-state index in [1.165, 1.54) is 6.42 Å². The maximum Gasteiger partial charge on any atom is 0.268 e. The van der Waals surface area contributed by atoms with Crippen molar-refractivity contribution in [2.75, 3.05) is 39.3 Å². The number of carbonyl (C=O) groups excluding carboxylic acids is 1. The molecule has 1 amide bonds. The summed E-state index contributed by atoms with van der Waals surface area (Å²) in [6.45, 7) is 10.2. The molecule has 6 nitrogen and oxygen atoms in total. The highest BCUT2D eigenvalue weighted by Crippen LogP contribution is 2.27. The number of H-pyrrole nitrogens is 1. The lowest BCUT2D eigenvalue weighted by Crippen LogP contribution is -2.52. The second-order valence-electron chi connectivity index (χ2n) is 9.19. The van der Waals surface area contributed by atoms with Crippen LogP contribution in [0.1, 0.15) is 50.0 Å². The zero-order valence-corrected chi connectivity index (χ0v) is 18.9. The number of carbonyl (C=O) groups is 1. The number of aromatic amines is 1. The number of hydrogen-bond acceptors (Lipinski definition) is 4. The molecule has 1 atom stereocenters. The van der Waals surface area contributed by atoms with Gasteiger partial charge in [-0.05, 0) is 49.8 Å². The van der Waals surface area contributed by atoms with E-state index < -0.39 is 0 Å². The molecular weight excluding hydrogens is 388 g/mol. The Balaban J connectivity index is 1.40. The first-order valence-corrected chi connectivity index (χ1v) is 11.8. The van der Waals surface area contributed by atoms with Crippen LogP contribution in [0.25, 0.3) is 10.9 Å². The summed E-state index contributed by atoms with van der Waals surface area (Å²) >= 11 is 0. The van der Waals surface area contributed by atoms with Gasteiger partial charge < -0.3 is 15.0 Å². The predicted octanol–water partition coefficient (Wildman–Crippen LogP) is 4.01. The van der Waals surface area contributed by atoms with E-state index in [1.54, 1.807) is 0 Å². The molecule has 31 heavy (non-hydrogen) atoms. The molecule has 0 bridgehead atoms. The zero-order chi connectivity index (χ0) is 21.6. The summed E-state index contributed by atoms with van der Waals surface area (Å²) in [5.41, 5.74) is 1.53. The maximum atomic E-state index is 13.1. The second kappa shape index (κ2) is 10.3. The van der Waals surface area contributed by atoms with E-state index >= 15 is 0 Å². The van der Waals surface area contributed by atoms with Gasteiger partial charge in [0.1, 0.15) is 11.4 Å². The maximum absolute atomic E-state index is 13.1. The van der Waals surface area contributed by atoms with Gasteiger partial charge in [0.05, 0.1) is 12.8 Å². The largest absolute Gasteiger partial charge is 0.493 e. The Hall–Kier alpha value is -2.31. The average molecular weight is 425 g/mol. The lowest BCUT2D eigenvalue weighted by atomic mass is 10.1. The standard InChI is InChI=1S/C25H36N4O2/c1-19(2)18-31-23-10-8-9-21-20(23)17-22(26-21)25(30)27-24-11-4-7-14-29(24)16-15-28-12-5-3-6-13-28/h3,5,8-10,17,19,24,26H,4,6-7,11-16,18H2,1-2H3,(H,27,30). The first-order valence-electron chi connectivity index (χ1n) is 11.8. The van der Waals surface area contributed by atoms with Crippen LogP contribution >= 0.6 is 0 Å². The minimum atomic E-state index is -0.0381. The number of hydrogen-bond donors (Lipinski definition) is 2. The van der Waals surface area contributed by atoms with Crippen molar-refractivity contribution in [3.63, 3.8) is 0 Å². The number of fused-ring (bicyclic) bond motifs is 1. The fourth-order valence-electron chi connectivity index (χ4n) is 4.45. The van der Waals surface area contributed by atoms with E-state index in [9.17, 15) is 4.79 Å². The topological polar surface area (TPSA) is 60.6 Å². The minimum Gasteiger partial charge on any atom is -0.493 e. The number of likely N-dealkylation sites (tertiary alicyclic amines) is 1. The Labute approximate surface area is 185 Å². The normalized spacial score (nSPS) is 20.4. The number of nitrogens with zero attached hydrogens (tertiary/aromatic N) is 2. The van der Waals surface area contributed by atoms with Crippen molar-refractivity contribution >= 4 is 16.8 Å². The van der Waals surface area contributed by atoms with Crippen molar-refractivity contribution in [2.45, 2.75) is 45.7 Å². The monoisotopic (exact) mass is 424 g/mol. The highest BCUT2D eigenvalue weighted by molar-refractivity contribution is 5.99. The van der Waals surface area contributed by atoms with E-state index in [0.717, 1.165) is 68.6 Å². The minimum absolute atomic E-state index is 0.0381. The van der Waals surface area contributed by atoms with Crippen LogP contribution in [0.2, 0.25) is 0 Å². The molecule has 0 aliphatic carbocycles. The first-order chi connectivity index (χ1) is 15.1. The van der Waals surface area contributed by atoms with Gasteiger partial charge in [-0.25, -0.2) is 0 Å². The Morgan fingerprint density at radius 3 is 2.94 bits per heavy atom. The number of rotatable bonds is 8. The highest BCUT2D eigenvalue weighted by atomic mass is 16.5. The SMILES string of the molecule is CC(C)COc1cccc2[nH]c(C(=O)NC3CCCCN3CCN3CC=CCC3)cc12. The first kappa shape index (κ1) is 21.9. The quantitative estimate of drug-likeness (QED) is 0.629. The van der Waals surface area contributed by atoms with Gasteiger partial charge in [-0.1, -0.05) is 32.1 Å². The summed E-state index contributed by atoms with van der Waals surface area (Å²) < 4.78 is 5.96. The van der Waals surface area contributed by atoms with Gasteiger partial charge in [-0.2, -0.15) is 0 Å². The van der Waals surface area contributed by atoms with Crippen LogP contribution in [0.3, 0.4) is 0 Å². The molecule has 1 saturated heterocycles. The third-order valence-electron chi connectivity index (χ3n) is 6.20. The van der Waals surface area contributed by atoms with E-state index in [2.05, 4.69) is 46.1 Å². The van der Waals surface area contributed by atoms with Crippen molar-refractivity contribution in [1.82, 2.24) is 20.1 Å². The number of piperidine rings is 1. The van der Waals surface area contributed by atoms with Crippen molar-refractivity contribution in [3.8, 4) is 5.75 Å². The van der Waals surface area contributed by atoms with E-state index in [-0.39, 0.29) is 12.1 Å². The van der Waals surface area contributed by atoms with Gasteiger partial charge in [0.2, 0.25) is 0 Å². The van der Waals surface area contributed by atoms with Crippen molar-refractivity contribution < 1.29 is 9.53 Å². The Morgan fingerprint density at radius 1 is 1.23 bits per heavy atom. The molecule has 6 heteroatoms. The summed E-state index contributed by atoms with van der Waals surface area (Å²) in [4.78, 5) is 21.3. The van der Waals surface area contributed by atoms with Gasteiger partial charge in [0, 0.05) is 43.6 Å². The molecule has 3 heterocycles. The molecule has 168 valence electrons. The van der Waals surface area contributed by atoms with Crippen LogP contribution in [-0.2, 0) is 0 Å². The fourth-order valence-corrected chi connectivity index (χ4v) is 4.45. The van der Waals surface area contributed by atoms with Crippen LogP contribution in [-0.4, -0.2) is 66.2 Å². The number of benzene rings is 1. The van der Waals surface area contributed by atoms with Gasteiger partial charge in [0.25, 0.3) is 5.91 Å². The van der Waals surface area contributed by atoms with Crippen LogP contribution < -0.4 is 10.1 Å². The van der Waals surface area contributed by atoms with Crippen LogP contribution in [0.4, 0.5) is 0 Å². The molecule has 0 saturated carbocycles. The third kappa shape index (κ3) is 5.69. The zero-order valence-electron chi connectivity index (χ0n) is 18.9. The molecule has 4 rings (SSSR count). The molecule has 1 aromatic carbocycles. The van der Waals surface area contributed by atoms with Gasteiger partial charge in [0.15, 0.2) is 0 Å². The van der Waals surface area contributed by atoms with Gasteiger partial charge in [-0.3, -0.25) is 14.6 Å². The molecular formula is C25H36N4O2. The van der Waals surface area contributed by atoms with E-state index in [1.807, 2.05) is 24.3 Å². The summed E-state index contributed by atoms with van der Waals surface area (Å²) in [5.74, 6) is 1.25. The number of aromatic nitrogens is 1. The summed E-state index contributed by atoms with van der Waals surface area (Å²) in [6, 6.07) is 7.86. The molecule has 2 aromatic rings. The molecule has 0 spiro atoms. The molecule has 1 unspecified atom stereocenters. The second-order valence-corrected chi connectivity index (χ2v) is 9.19. The van der Waals surface area contributed by atoms with Gasteiger partial charge in [-0.15, -0.1) is 0 Å². The molecule has 1 aromatic heterocycles. The molecule has 1 fully saturated rings. The Kier molecular flexibility index (Phi) is 7.30. The Morgan fingerprint density at radius 2 is 2.13 bits per heavy atom. The van der Waals surface area contributed by atoms with Crippen LogP contribution in [0.15, 0.2) is 36.4 Å². The number of ether oxygens (including phenoxy) is 1. The van der Waals surface area contributed by atoms with Crippen LogP contribution in [0, 0.1) is 5.92 Å². The van der Waals surface area contributed by atoms with Crippen molar-refractivity contribution in [3.05, 3.63) is 42.1 Å². The summed E-state index contributed by atoms with van der Waals surface area (Å²) in [6.07, 6.45) is 9.14. The van der Waals surface area contributed by atoms with E-state index in [4.69, 9.17) is 4.74 Å². The lowest BCUT2D eigenvalue weighted by molar-refractivity contribution is 0.0738. The summed E-state index contributed by atoms with van der Waals surface area (Å²) in [5, 5.41) is 4.25. The Bertz CT molecular complexity index is 904. The molecule has 2 N–H and O–H groups in total. The number of amides is 1. The molecule has 0 radical (unpaired) electrons. The van der Waals surface area contributed by atoms with Crippen LogP contribution in [0.5, 0.6) is 5.75 Å². The fraction of sp³-hybridized carbons (Fsp3) is 0.560. The highest BCUT2D eigenvalue weighted by Gasteiger charge is 2.25.